The summed E-state index contributed by atoms with van der Waals surface area (Å²) in [4.78, 5) is -0.234. The van der Waals surface area contributed by atoms with Crippen molar-refractivity contribution in [2.45, 2.75) is 22.9 Å². The number of benzene rings is 2. The number of halogens is 3. The first-order valence-electron chi connectivity index (χ1n) is 8.61. The standard InChI is InChI=1S/C18H18F3NO5S2/c19-18(20,21)27-15-6-8-16(9-7-15)29(25,26)22-11-10-17(28(23,24)13-12-22)14-4-2-1-3-5-14/h1-9,17H,10-13H2. The molecule has 158 valence electrons. The van der Waals surface area contributed by atoms with Crippen molar-refractivity contribution in [1.29, 1.82) is 0 Å². The van der Waals surface area contributed by atoms with E-state index < -0.39 is 37.2 Å². The highest BCUT2D eigenvalue weighted by Crippen LogP contribution is 2.31. The van der Waals surface area contributed by atoms with Crippen LogP contribution in [0.2, 0.25) is 0 Å². The Morgan fingerprint density at radius 1 is 0.966 bits per heavy atom. The summed E-state index contributed by atoms with van der Waals surface area (Å²) in [5.41, 5.74) is 0.598. The van der Waals surface area contributed by atoms with Crippen molar-refractivity contribution in [3.63, 3.8) is 0 Å². The topological polar surface area (TPSA) is 80.8 Å². The Morgan fingerprint density at radius 3 is 2.17 bits per heavy atom. The molecular weight excluding hydrogens is 431 g/mol. The van der Waals surface area contributed by atoms with E-state index in [-0.39, 0.29) is 30.2 Å². The van der Waals surface area contributed by atoms with Crippen molar-refractivity contribution in [3.05, 3.63) is 60.2 Å². The Kier molecular flexibility index (Phi) is 5.93. The molecule has 1 aliphatic heterocycles. The summed E-state index contributed by atoms with van der Waals surface area (Å²) >= 11 is 0. The zero-order valence-corrected chi connectivity index (χ0v) is 16.7. The second kappa shape index (κ2) is 7.96. The van der Waals surface area contributed by atoms with Crippen LogP contribution in [0.1, 0.15) is 17.2 Å². The van der Waals surface area contributed by atoms with Crippen LogP contribution >= 0.6 is 0 Å². The Bertz CT molecular complexity index is 1050. The summed E-state index contributed by atoms with van der Waals surface area (Å²) in [6.07, 6.45) is -4.80. The number of hydrogen-bond acceptors (Lipinski definition) is 5. The van der Waals surface area contributed by atoms with Gasteiger partial charge in [-0.2, -0.15) is 4.31 Å². The zero-order chi connectivity index (χ0) is 21.3. The minimum atomic E-state index is -4.88. The first kappa shape index (κ1) is 21.6. The quantitative estimate of drug-likeness (QED) is 0.717. The highest BCUT2D eigenvalue weighted by Gasteiger charge is 2.36. The number of ether oxygens (including phenoxy) is 1. The summed E-state index contributed by atoms with van der Waals surface area (Å²) in [5.74, 6) is -0.889. The fraction of sp³-hybridized carbons (Fsp3) is 0.333. The van der Waals surface area contributed by atoms with Crippen LogP contribution in [0.3, 0.4) is 0 Å². The van der Waals surface area contributed by atoms with Crippen molar-refractivity contribution < 1.29 is 34.7 Å². The van der Waals surface area contributed by atoms with Crippen molar-refractivity contribution in [1.82, 2.24) is 4.31 Å². The molecule has 0 radical (unpaired) electrons. The number of sulfonamides is 1. The van der Waals surface area contributed by atoms with Crippen molar-refractivity contribution in [2.24, 2.45) is 0 Å². The van der Waals surface area contributed by atoms with Gasteiger partial charge < -0.3 is 4.74 Å². The lowest BCUT2D eigenvalue weighted by Gasteiger charge is -2.20. The van der Waals surface area contributed by atoms with Crippen molar-refractivity contribution in [2.75, 3.05) is 18.8 Å². The summed E-state index contributed by atoms with van der Waals surface area (Å²) in [7, 11) is -7.64. The zero-order valence-electron chi connectivity index (χ0n) is 15.0. The monoisotopic (exact) mass is 449 g/mol. The first-order chi connectivity index (χ1) is 13.5. The molecule has 0 spiro atoms. The molecule has 1 fully saturated rings. The van der Waals surface area contributed by atoms with E-state index in [0.29, 0.717) is 5.56 Å². The highest BCUT2D eigenvalue weighted by molar-refractivity contribution is 7.92. The van der Waals surface area contributed by atoms with Crippen LogP contribution in [-0.4, -0.2) is 46.3 Å². The number of nitrogens with zero attached hydrogens (tertiary/aromatic N) is 1. The molecule has 0 N–H and O–H groups in total. The predicted octanol–water partition coefficient (Wildman–Crippen LogP) is 3.14. The summed E-state index contributed by atoms with van der Waals surface area (Å²) in [6.45, 7) is -0.253. The maximum absolute atomic E-state index is 12.9. The maximum atomic E-state index is 12.9. The molecule has 3 rings (SSSR count). The van der Waals surface area contributed by atoms with Gasteiger partial charge in [-0.1, -0.05) is 30.3 Å². The average molecular weight is 449 g/mol. The SMILES string of the molecule is O=S1(=O)CCN(S(=O)(=O)c2ccc(OC(F)(F)F)cc2)CCC1c1ccccc1. The predicted molar refractivity (Wildman–Crippen MR) is 99.5 cm³/mol. The minimum absolute atomic E-state index is 0.0259. The van der Waals surface area contributed by atoms with Crippen LogP contribution in [0.25, 0.3) is 0 Å². The van der Waals surface area contributed by atoms with Crippen LogP contribution in [0.4, 0.5) is 13.2 Å². The molecule has 0 amide bonds. The van der Waals surface area contributed by atoms with Crippen LogP contribution in [0, 0.1) is 0 Å². The van der Waals surface area contributed by atoms with Crippen molar-refractivity contribution in [3.8, 4) is 5.75 Å². The lowest BCUT2D eigenvalue weighted by Crippen LogP contribution is -2.33. The van der Waals surface area contributed by atoms with Gasteiger partial charge in [-0.25, -0.2) is 16.8 Å². The number of hydrogen-bond donors (Lipinski definition) is 0. The molecule has 0 bridgehead atoms. The third-order valence-corrected chi connectivity index (χ3v) is 8.61. The molecule has 0 aliphatic carbocycles. The van der Waals surface area contributed by atoms with E-state index in [2.05, 4.69) is 4.74 Å². The number of sulfone groups is 1. The number of alkyl halides is 3. The number of rotatable bonds is 4. The maximum Gasteiger partial charge on any atom is 0.573 e. The molecule has 2 aromatic carbocycles. The van der Waals surface area contributed by atoms with E-state index in [4.69, 9.17) is 0 Å². The Hall–Kier alpha value is -2.11. The third kappa shape index (κ3) is 5.09. The molecule has 2 aromatic rings. The lowest BCUT2D eigenvalue weighted by molar-refractivity contribution is -0.274. The minimum Gasteiger partial charge on any atom is -0.406 e. The molecule has 0 saturated carbocycles. The molecule has 1 saturated heterocycles. The van der Waals surface area contributed by atoms with Crippen molar-refractivity contribution >= 4 is 19.9 Å². The largest absolute Gasteiger partial charge is 0.573 e. The highest BCUT2D eigenvalue weighted by atomic mass is 32.2. The molecule has 6 nitrogen and oxygen atoms in total. The van der Waals surface area contributed by atoms with Gasteiger partial charge in [-0.05, 0) is 36.2 Å². The molecular formula is C18H18F3NO5S2. The summed E-state index contributed by atoms with van der Waals surface area (Å²) in [5, 5.41) is -0.813. The van der Waals surface area contributed by atoms with Crippen LogP contribution < -0.4 is 4.74 Å². The van der Waals surface area contributed by atoms with Gasteiger partial charge >= 0.3 is 6.36 Å². The molecule has 0 aromatic heterocycles. The Morgan fingerprint density at radius 2 is 1.59 bits per heavy atom. The van der Waals surface area contributed by atoms with Gasteiger partial charge in [0.25, 0.3) is 0 Å². The van der Waals surface area contributed by atoms with Gasteiger partial charge in [0.15, 0.2) is 9.84 Å². The molecule has 29 heavy (non-hydrogen) atoms. The normalized spacial score (nSPS) is 20.7. The van der Waals surface area contributed by atoms with Gasteiger partial charge in [0.2, 0.25) is 10.0 Å². The van der Waals surface area contributed by atoms with E-state index in [9.17, 15) is 30.0 Å². The average Bonchev–Trinajstić information content (AvgIpc) is 2.80. The fourth-order valence-electron chi connectivity index (χ4n) is 3.17. The molecule has 11 heteroatoms. The van der Waals surface area contributed by atoms with Gasteiger partial charge in [-0.15, -0.1) is 13.2 Å². The van der Waals surface area contributed by atoms with Crippen LogP contribution in [-0.2, 0) is 19.9 Å². The van der Waals surface area contributed by atoms with Gasteiger partial charge in [0.1, 0.15) is 5.75 Å². The fourth-order valence-corrected chi connectivity index (χ4v) is 6.54. The Labute approximate surface area is 166 Å². The molecule has 1 atom stereocenters. The van der Waals surface area contributed by atoms with E-state index in [0.717, 1.165) is 28.6 Å². The van der Waals surface area contributed by atoms with Gasteiger partial charge in [-0.3, -0.25) is 0 Å². The smallest absolute Gasteiger partial charge is 0.406 e. The second-order valence-corrected chi connectivity index (χ2v) is 10.7. The molecule has 1 unspecified atom stereocenters. The molecule has 1 aliphatic rings. The van der Waals surface area contributed by atoms with Crippen LogP contribution in [0.15, 0.2) is 59.5 Å². The van der Waals surface area contributed by atoms with E-state index in [1.54, 1.807) is 30.3 Å². The summed E-state index contributed by atoms with van der Waals surface area (Å²) in [6, 6.07) is 12.4. The molecule has 1 heterocycles. The summed E-state index contributed by atoms with van der Waals surface area (Å²) < 4.78 is 92.6. The van der Waals surface area contributed by atoms with Gasteiger partial charge in [0, 0.05) is 13.1 Å². The van der Waals surface area contributed by atoms with Gasteiger partial charge in [0.05, 0.1) is 15.9 Å². The van der Waals surface area contributed by atoms with E-state index in [1.165, 1.54) is 0 Å². The van der Waals surface area contributed by atoms with E-state index in [1.807, 2.05) is 0 Å². The van der Waals surface area contributed by atoms with Crippen LogP contribution in [0.5, 0.6) is 5.75 Å². The van der Waals surface area contributed by atoms with E-state index >= 15 is 0 Å². The first-order valence-corrected chi connectivity index (χ1v) is 11.8. The second-order valence-electron chi connectivity index (χ2n) is 6.48. The lowest BCUT2D eigenvalue weighted by atomic mass is 10.1. The third-order valence-electron chi connectivity index (χ3n) is 4.57. The Balaban J connectivity index is 1.81.